The van der Waals surface area contributed by atoms with Gasteiger partial charge in [0.25, 0.3) is 0 Å². The molecule has 1 atom stereocenters. The van der Waals surface area contributed by atoms with Crippen molar-refractivity contribution in [2.75, 3.05) is 0 Å². The molecule has 0 radical (unpaired) electrons. The smallest absolute Gasteiger partial charge is 0.180 e. The normalized spacial score (nSPS) is 16.1. The number of aryl methyl sites for hydroxylation is 1. The van der Waals surface area contributed by atoms with Crippen LogP contribution in [0.15, 0.2) is 17.0 Å². The lowest BCUT2D eigenvalue weighted by molar-refractivity contribution is 0.444. The van der Waals surface area contributed by atoms with Gasteiger partial charge in [0.05, 0.1) is 18.8 Å². The van der Waals surface area contributed by atoms with Crippen LogP contribution < -0.4 is 5.32 Å². The summed E-state index contributed by atoms with van der Waals surface area (Å²) >= 11 is 0. The van der Waals surface area contributed by atoms with E-state index in [1.807, 2.05) is 0 Å². The maximum absolute atomic E-state index is 5.18. The Balaban J connectivity index is 1.67. The highest BCUT2D eigenvalue weighted by Crippen LogP contribution is 2.19. The average molecular weight is 233 g/mol. The summed E-state index contributed by atoms with van der Waals surface area (Å²) in [6.07, 6.45) is 5.37. The fourth-order valence-corrected chi connectivity index (χ4v) is 2.17. The molecule has 6 heteroatoms. The molecule has 3 heterocycles. The third-order valence-electron chi connectivity index (χ3n) is 3.09. The van der Waals surface area contributed by atoms with Crippen LogP contribution in [0.3, 0.4) is 0 Å². The largest absolute Gasteiger partial charge is 0.447 e. The van der Waals surface area contributed by atoms with E-state index >= 15 is 0 Å². The predicted molar refractivity (Wildman–Crippen MR) is 60.1 cm³/mol. The molecule has 2 aromatic rings. The highest BCUT2D eigenvalue weighted by molar-refractivity contribution is 5.04. The summed E-state index contributed by atoms with van der Waals surface area (Å²) in [5.41, 5.74) is 0. The first-order valence-electron chi connectivity index (χ1n) is 5.87. The zero-order valence-electron chi connectivity index (χ0n) is 9.76. The minimum Gasteiger partial charge on any atom is -0.447 e. The van der Waals surface area contributed by atoms with Crippen LogP contribution in [0.25, 0.3) is 0 Å². The van der Waals surface area contributed by atoms with Crippen molar-refractivity contribution < 1.29 is 4.42 Å². The number of aromatic nitrogens is 4. The molecule has 1 N–H and O–H groups in total. The van der Waals surface area contributed by atoms with Gasteiger partial charge in [-0.2, -0.15) is 0 Å². The second-order valence-corrected chi connectivity index (χ2v) is 4.30. The fourth-order valence-electron chi connectivity index (χ4n) is 2.17. The molecular formula is C11H15N5O. The van der Waals surface area contributed by atoms with Gasteiger partial charge >= 0.3 is 0 Å². The zero-order chi connectivity index (χ0) is 11.7. The van der Waals surface area contributed by atoms with Gasteiger partial charge in [0, 0.05) is 13.0 Å². The molecule has 0 saturated heterocycles. The van der Waals surface area contributed by atoms with E-state index in [9.17, 15) is 0 Å². The molecule has 3 rings (SSSR count). The quantitative estimate of drug-likeness (QED) is 0.855. The number of fused-ring (bicyclic) bond motifs is 1. The fraction of sp³-hybridized carbons (Fsp3) is 0.545. The molecule has 0 aliphatic carbocycles. The van der Waals surface area contributed by atoms with Gasteiger partial charge in [-0.3, -0.25) is 0 Å². The Kier molecular flexibility index (Phi) is 2.64. The Morgan fingerprint density at radius 2 is 2.47 bits per heavy atom. The minimum atomic E-state index is 0.166. The molecule has 0 aromatic carbocycles. The average Bonchev–Trinajstić information content (AvgIpc) is 3.02. The van der Waals surface area contributed by atoms with Gasteiger partial charge in [0.1, 0.15) is 17.4 Å². The lowest BCUT2D eigenvalue weighted by Crippen LogP contribution is -2.21. The third kappa shape index (κ3) is 1.95. The maximum Gasteiger partial charge on any atom is 0.180 e. The molecule has 17 heavy (non-hydrogen) atoms. The Morgan fingerprint density at radius 1 is 1.53 bits per heavy atom. The highest BCUT2D eigenvalue weighted by atomic mass is 16.3. The first kappa shape index (κ1) is 10.5. The van der Waals surface area contributed by atoms with E-state index in [-0.39, 0.29) is 6.04 Å². The Bertz CT molecular complexity index is 490. The number of rotatable bonds is 4. The van der Waals surface area contributed by atoms with Crippen molar-refractivity contribution >= 4 is 0 Å². The van der Waals surface area contributed by atoms with Gasteiger partial charge in [-0.05, 0) is 13.3 Å². The van der Waals surface area contributed by atoms with E-state index in [2.05, 4.69) is 32.0 Å². The molecule has 90 valence electrons. The van der Waals surface area contributed by atoms with Gasteiger partial charge in [0.2, 0.25) is 0 Å². The van der Waals surface area contributed by atoms with Gasteiger partial charge in [-0.15, -0.1) is 10.2 Å². The predicted octanol–water partition coefficient (Wildman–Crippen LogP) is 1.06. The van der Waals surface area contributed by atoms with Gasteiger partial charge < -0.3 is 14.3 Å². The van der Waals surface area contributed by atoms with Crippen molar-refractivity contribution in [1.29, 1.82) is 0 Å². The van der Waals surface area contributed by atoms with E-state index in [0.29, 0.717) is 6.54 Å². The third-order valence-corrected chi connectivity index (χ3v) is 3.09. The number of hydrogen-bond acceptors (Lipinski definition) is 5. The van der Waals surface area contributed by atoms with Crippen LogP contribution in [0.4, 0.5) is 0 Å². The molecule has 0 fully saturated rings. The standard InChI is InChI=1S/C11H15N5O/c1-8(13-6-9-5-12-7-17-9)11-15-14-10-3-2-4-16(10)11/h5,7-8,13H,2-4,6H2,1H3. The molecule has 0 spiro atoms. The van der Waals surface area contributed by atoms with Crippen LogP contribution in [0.5, 0.6) is 0 Å². The van der Waals surface area contributed by atoms with Crippen molar-refractivity contribution in [3.05, 3.63) is 30.0 Å². The summed E-state index contributed by atoms with van der Waals surface area (Å²) in [4.78, 5) is 3.88. The Hall–Kier alpha value is -1.69. The van der Waals surface area contributed by atoms with Crippen molar-refractivity contribution in [2.24, 2.45) is 0 Å². The number of hydrogen-bond donors (Lipinski definition) is 1. The molecule has 0 saturated carbocycles. The molecule has 2 aromatic heterocycles. The molecule has 1 unspecified atom stereocenters. The van der Waals surface area contributed by atoms with Crippen molar-refractivity contribution in [3.8, 4) is 0 Å². The van der Waals surface area contributed by atoms with Crippen LogP contribution in [0.2, 0.25) is 0 Å². The maximum atomic E-state index is 5.18. The van der Waals surface area contributed by atoms with Crippen molar-refractivity contribution in [1.82, 2.24) is 25.1 Å². The minimum absolute atomic E-state index is 0.166. The molecule has 6 nitrogen and oxygen atoms in total. The SMILES string of the molecule is CC(NCc1cnco1)c1nnc2n1CCC2. The number of oxazole rings is 1. The Morgan fingerprint density at radius 3 is 3.29 bits per heavy atom. The van der Waals surface area contributed by atoms with Crippen LogP contribution in [0.1, 0.15) is 36.8 Å². The summed E-state index contributed by atoms with van der Waals surface area (Å²) in [6, 6.07) is 0.166. The second kappa shape index (κ2) is 4.29. The Labute approximate surface area is 99.1 Å². The van der Waals surface area contributed by atoms with E-state index in [1.54, 1.807) is 6.20 Å². The summed E-state index contributed by atoms with van der Waals surface area (Å²) in [5, 5.41) is 11.8. The van der Waals surface area contributed by atoms with Crippen LogP contribution in [0, 0.1) is 0 Å². The zero-order valence-corrected chi connectivity index (χ0v) is 9.76. The molecular weight excluding hydrogens is 218 g/mol. The second-order valence-electron chi connectivity index (χ2n) is 4.30. The first-order chi connectivity index (χ1) is 8.34. The monoisotopic (exact) mass is 233 g/mol. The molecule has 1 aliphatic heterocycles. The van der Waals surface area contributed by atoms with Crippen molar-refractivity contribution in [2.45, 2.75) is 38.9 Å². The van der Waals surface area contributed by atoms with E-state index in [0.717, 1.165) is 30.4 Å². The van der Waals surface area contributed by atoms with Gasteiger partial charge in [-0.25, -0.2) is 4.98 Å². The number of nitrogens with one attached hydrogen (secondary N) is 1. The summed E-state index contributed by atoms with van der Waals surface area (Å²) in [6.45, 7) is 3.78. The van der Waals surface area contributed by atoms with Crippen LogP contribution in [-0.4, -0.2) is 19.7 Å². The van der Waals surface area contributed by atoms with Gasteiger partial charge in [0.15, 0.2) is 6.39 Å². The van der Waals surface area contributed by atoms with Gasteiger partial charge in [-0.1, -0.05) is 0 Å². The summed E-state index contributed by atoms with van der Waals surface area (Å²) < 4.78 is 7.38. The van der Waals surface area contributed by atoms with E-state index < -0.39 is 0 Å². The van der Waals surface area contributed by atoms with E-state index in [1.165, 1.54) is 12.8 Å². The van der Waals surface area contributed by atoms with Crippen LogP contribution >= 0.6 is 0 Å². The molecule has 1 aliphatic rings. The first-order valence-corrected chi connectivity index (χ1v) is 5.87. The highest BCUT2D eigenvalue weighted by Gasteiger charge is 2.20. The van der Waals surface area contributed by atoms with Crippen molar-refractivity contribution in [3.63, 3.8) is 0 Å². The lowest BCUT2D eigenvalue weighted by Gasteiger charge is -2.12. The molecule has 0 amide bonds. The summed E-state index contributed by atoms with van der Waals surface area (Å²) in [5.74, 6) is 2.95. The summed E-state index contributed by atoms with van der Waals surface area (Å²) in [7, 11) is 0. The topological polar surface area (TPSA) is 68.8 Å². The lowest BCUT2D eigenvalue weighted by atomic mass is 10.3. The van der Waals surface area contributed by atoms with E-state index in [4.69, 9.17) is 4.42 Å². The molecule has 0 bridgehead atoms. The number of nitrogens with zero attached hydrogens (tertiary/aromatic N) is 4. The van der Waals surface area contributed by atoms with Crippen LogP contribution in [-0.2, 0) is 19.5 Å².